The second-order valence-corrected chi connectivity index (χ2v) is 8.96. The standard InChI is InChI=1S/C24H22N2O2S/c27-29(28,22-15-8-3-9-16-22)18-10-17-26-19-25-23(20-11-4-1-5-12-20)24(26)21-13-6-2-7-14-21/h1-9,11-16,19H,10,17-18H2. The van der Waals surface area contributed by atoms with Crippen LogP contribution in [0.2, 0.25) is 0 Å². The van der Waals surface area contributed by atoms with Gasteiger partial charge in [0.2, 0.25) is 0 Å². The van der Waals surface area contributed by atoms with Gasteiger partial charge in [-0.05, 0) is 18.6 Å². The molecule has 4 rings (SSSR count). The number of rotatable bonds is 7. The van der Waals surface area contributed by atoms with Crippen LogP contribution in [0.5, 0.6) is 0 Å². The van der Waals surface area contributed by atoms with E-state index in [1.165, 1.54) is 0 Å². The van der Waals surface area contributed by atoms with Crippen LogP contribution in [0, 0.1) is 0 Å². The molecular formula is C24H22N2O2S. The SMILES string of the molecule is O=S(=O)(CCCn1cnc(-c2ccccc2)c1-c1ccccc1)c1ccccc1. The van der Waals surface area contributed by atoms with Crippen LogP contribution in [-0.2, 0) is 16.4 Å². The summed E-state index contributed by atoms with van der Waals surface area (Å²) < 4.78 is 27.2. The topological polar surface area (TPSA) is 52.0 Å². The minimum Gasteiger partial charge on any atom is -0.330 e. The number of benzene rings is 3. The first-order valence-electron chi connectivity index (χ1n) is 9.59. The van der Waals surface area contributed by atoms with E-state index in [2.05, 4.69) is 21.7 Å². The molecule has 0 saturated carbocycles. The molecule has 0 aliphatic carbocycles. The fourth-order valence-corrected chi connectivity index (χ4v) is 4.74. The first-order chi connectivity index (χ1) is 14.1. The van der Waals surface area contributed by atoms with E-state index in [1.54, 1.807) is 30.6 Å². The lowest BCUT2D eigenvalue weighted by atomic mass is 10.0. The third-order valence-electron chi connectivity index (χ3n) is 4.85. The summed E-state index contributed by atoms with van der Waals surface area (Å²) in [6.45, 7) is 0.579. The molecule has 0 N–H and O–H groups in total. The molecule has 0 bridgehead atoms. The van der Waals surface area contributed by atoms with Crippen LogP contribution in [-0.4, -0.2) is 23.7 Å². The van der Waals surface area contributed by atoms with E-state index in [9.17, 15) is 8.42 Å². The van der Waals surface area contributed by atoms with Gasteiger partial charge in [0.05, 0.1) is 28.4 Å². The van der Waals surface area contributed by atoms with Crippen LogP contribution in [0.15, 0.2) is 102 Å². The highest BCUT2D eigenvalue weighted by Gasteiger charge is 2.17. The van der Waals surface area contributed by atoms with E-state index in [0.717, 1.165) is 22.5 Å². The second kappa shape index (κ2) is 8.45. The molecule has 1 heterocycles. The maximum Gasteiger partial charge on any atom is 0.178 e. The van der Waals surface area contributed by atoms with Gasteiger partial charge in [-0.2, -0.15) is 0 Å². The lowest BCUT2D eigenvalue weighted by molar-refractivity contribution is 0.587. The maximum absolute atomic E-state index is 12.6. The van der Waals surface area contributed by atoms with Crippen molar-refractivity contribution in [2.75, 3.05) is 5.75 Å². The van der Waals surface area contributed by atoms with Crippen molar-refractivity contribution in [1.82, 2.24) is 9.55 Å². The molecule has 0 spiro atoms. The maximum atomic E-state index is 12.6. The molecule has 0 saturated heterocycles. The van der Waals surface area contributed by atoms with Crippen molar-refractivity contribution < 1.29 is 8.42 Å². The third-order valence-corrected chi connectivity index (χ3v) is 6.66. The van der Waals surface area contributed by atoms with Crippen LogP contribution in [0.25, 0.3) is 22.5 Å². The average molecular weight is 403 g/mol. The van der Waals surface area contributed by atoms with Gasteiger partial charge in [-0.3, -0.25) is 0 Å². The summed E-state index contributed by atoms with van der Waals surface area (Å²) in [5, 5.41) is 0. The van der Waals surface area contributed by atoms with Crippen LogP contribution < -0.4 is 0 Å². The number of hydrogen-bond acceptors (Lipinski definition) is 3. The van der Waals surface area contributed by atoms with Crippen molar-refractivity contribution in [3.63, 3.8) is 0 Å². The first-order valence-corrected chi connectivity index (χ1v) is 11.2. The number of nitrogens with zero attached hydrogens (tertiary/aromatic N) is 2. The van der Waals surface area contributed by atoms with Crippen molar-refractivity contribution in [3.05, 3.63) is 97.3 Å². The molecule has 0 aliphatic rings. The van der Waals surface area contributed by atoms with Crippen LogP contribution in [0.4, 0.5) is 0 Å². The fourth-order valence-electron chi connectivity index (χ4n) is 3.43. The van der Waals surface area contributed by atoms with Crippen molar-refractivity contribution in [1.29, 1.82) is 0 Å². The van der Waals surface area contributed by atoms with Crippen LogP contribution in [0.3, 0.4) is 0 Å². The Morgan fingerprint density at radius 2 is 1.28 bits per heavy atom. The largest absolute Gasteiger partial charge is 0.330 e. The number of aromatic nitrogens is 2. The van der Waals surface area contributed by atoms with Gasteiger partial charge in [-0.1, -0.05) is 78.9 Å². The van der Waals surface area contributed by atoms with Gasteiger partial charge in [-0.25, -0.2) is 13.4 Å². The molecule has 0 fully saturated rings. The van der Waals surface area contributed by atoms with Crippen molar-refractivity contribution in [2.24, 2.45) is 0 Å². The van der Waals surface area contributed by atoms with Crippen LogP contribution >= 0.6 is 0 Å². The minimum absolute atomic E-state index is 0.101. The van der Waals surface area contributed by atoms with E-state index in [0.29, 0.717) is 17.9 Å². The molecule has 0 aliphatic heterocycles. The summed E-state index contributed by atoms with van der Waals surface area (Å²) >= 11 is 0. The van der Waals surface area contributed by atoms with Gasteiger partial charge >= 0.3 is 0 Å². The van der Waals surface area contributed by atoms with E-state index < -0.39 is 9.84 Å². The van der Waals surface area contributed by atoms with Crippen LogP contribution in [0.1, 0.15) is 6.42 Å². The molecule has 3 aromatic carbocycles. The van der Waals surface area contributed by atoms with Gasteiger partial charge in [0.15, 0.2) is 9.84 Å². The van der Waals surface area contributed by atoms with Gasteiger partial charge in [-0.15, -0.1) is 0 Å². The number of imidazole rings is 1. The van der Waals surface area contributed by atoms with E-state index in [1.807, 2.05) is 54.6 Å². The Morgan fingerprint density at radius 3 is 1.90 bits per heavy atom. The summed E-state index contributed by atoms with van der Waals surface area (Å²) in [5.41, 5.74) is 4.02. The Labute approximate surface area is 171 Å². The van der Waals surface area contributed by atoms with E-state index in [-0.39, 0.29) is 5.75 Å². The van der Waals surface area contributed by atoms with Gasteiger partial charge in [0.1, 0.15) is 0 Å². The van der Waals surface area contributed by atoms with Gasteiger partial charge in [0, 0.05) is 17.7 Å². The molecule has 0 atom stereocenters. The molecular weight excluding hydrogens is 380 g/mol. The highest BCUT2D eigenvalue weighted by Crippen LogP contribution is 2.31. The van der Waals surface area contributed by atoms with Gasteiger partial charge < -0.3 is 4.57 Å². The molecule has 0 radical (unpaired) electrons. The summed E-state index contributed by atoms with van der Waals surface area (Å²) in [4.78, 5) is 5.02. The van der Waals surface area contributed by atoms with Crippen molar-refractivity contribution >= 4 is 9.84 Å². The predicted octanol–water partition coefficient (Wildman–Crippen LogP) is 5.08. The zero-order chi connectivity index (χ0) is 20.1. The zero-order valence-corrected chi connectivity index (χ0v) is 16.8. The molecule has 146 valence electrons. The lowest BCUT2D eigenvalue weighted by Gasteiger charge is -2.11. The Kier molecular flexibility index (Phi) is 5.58. The van der Waals surface area contributed by atoms with E-state index >= 15 is 0 Å². The second-order valence-electron chi connectivity index (χ2n) is 6.85. The quantitative estimate of drug-likeness (QED) is 0.433. The number of sulfone groups is 1. The molecule has 4 aromatic rings. The van der Waals surface area contributed by atoms with Crippen molar-refractivity contribution in [2.45, 2.75) is 17.9 Å². The monoisotopic (exact) mass is 402 g/mol. The smallest absolute Gasteiger partial charge is 0.178 e. The highest BCUT2D eigenvalue weighted by atomic mass is 32.2. The first kappa shape index (κ1) is 19.2. The molecule has 1 aromatic heterocycles. The molecule has 29 heavy (non-hydrogen) atoms. The zero-order valence-electron chi connectivity index (χ0n) is 16.0. The summed E-state index contributed by atoms with van der Waals surface area (Å²) in [6.07, 6.45) is 2.32. The van der Waals surface area contributed by atoms with E-state index in [4.69, 9.17) is 0 Å². The fraction of sp³-hybridized carbons (Fsp3) is 0.125. The number of aryl methyl sites for hydroxylation is 1. The lowest BCUT2D eigenvalue weighted by Crippen LogP contribution is -2.10. The molecule has 4 nitrogen and oxygen atoms in total. The predicted molar refractivity (Wildman–Crippen MR) is 116 cm³/mol. The Balaban J connectivity index is 1.60. The Bertz CT molecular complexity index is 1170. The normalized spacial score (nSPS) is 11.4. The van der Waals surface area contributed by atoms with Crippen molar-refractivity contribution in [3.8, 4) is 22.5 Å². The number of hydrogen-bond donors (Lipinski definition) is 0. The Hall–Kier alpha value is -3.18. The molecule has 0 amide bonds. The summed E-state index contributed by atoms with van der Waals surface area (Å²) in [7, 11) is -3.29. The van der Waals surface area contributed by atoms with Gasteiger partial charge in [0.25, 0.3) is 0 Å². The summed E-state index contributed by atoms with van der Waals surface area (Å²) in [6, 6.07) is 28.8. The Morgan fingerprint density at radius 1 is 0.724 bits per heavy atom. The summed E-state index contributed by atoms with van der Waals surface area (Å²) in [5.74, 6) is 0.101. The third kappa shape index (κ3) is 4.30. The molecule has 5 heteroatoms. The highest BCUT2D eigenvalue weighted by molar-refractivity contribution is 7.91. The minimum atomic E-state index is -3.29. The molecule has 0 unspecified atom stereocenters. The average Bonchev–Trinajstić information content (AvgIpc) is 3.19.